The van der Waals surface area contributed by atoms with Gasteiger partial charge in [-0.15, -0.1) is 0 Å². The Morgan fingerprint density at radius 3 is 2.56 bits per heavy atom. The number of carbonyl (C=O) groups is 3. The van der Waals surface area contributed by atoms with Gasteiger partial charge in [0.15, 0.2) is 5.78 Å². The average molecular weight is 475 g/mol. The predicted molar refractivity (Wildman–Crippen MR) is 125 cm³/mol. The minimum atomic E-state index is -0.352. The van der Waals surface area contributed by atoms with Crippen LogP contribution in [-0.4, -0.2) is 85.0 Å². The maximum Gasteiger partial charge on any atom is 0.237 e. The number of Topliss-reactive ketones (excluding diaryl/α,β-unsaturated/α-hetero) is 1. The number of amides is 2. The van der Waals surface area contributed by atoms with E-state index in [0.29, 0.717) is 51.3 Å². The van der Waals surface area contributed by atoms with Gasteiger partial charge >= 0.3 is 0 Å². The van der Waals surface area contributed by atoms with Crippen molar-refractivity contribution in [3.63, 3.8) is 0 Å². The molecule has 0 aliphatic carbocycles. The molecular weight excluding hydrogens is 439 g/mol. The summed E-state index contributed by atoms with van der Waals surface area (Å²) in [6, 6.07) is 5.77. The number of carbonyl (C=O) groups excluding carboxylic acids is 3. The number of halogens is 1. The molecule has 3 atom stereocenters. The first-order valence-electron chi connectivity index (χ1n) is 12.3. The molecule has 3 aliphatic rings. The Labute approximate surface area is 200 Å². The van der Waals surface area contributed by atoms with Crippen LogP contribution in [0.25, 0.3) is 0 Å². The highest BCUT2D eigenvalue weighted by molar-refractivity contribution is 5.97. The van der Waals surface area contributed by atoms with Gasteiger partial charge in [0.25, 0.3) is 0 Å². The number of benzene rings is 1. The van der Waals surface area contributed by atoms with Gasteiger partial charge in [-0.1, -0.05) is 0 Å². The first-order valence-corrected chi connectivity index (χ1v) is 12.3. The minimum absolute atomic E-state index is 0.00351. The Bertz CT molecular complexity index is 885. The molecule has 1 aromatic carbocycles. The zero-order chi connectivity index (χ0) is 24.2. The van der Waals surface area contributed by atoms with Crippen LogP contribution in [0.3, 0.4) is 0 Å². The van der Waals surface area contributed by atoms with Crippen LogP contribution in [0.4, 0.5) is 4.39 Å². The van der Waals surface area contributed by atoms with Crippen LogP contribution >= 0.6 is 0 Å². The van der Waals surface area contributed by atoms with Gasteiger partial charge in [0, 0.05) is 30.2 Å². The second kappa shape index (κ2) is 10.9. The van der Waals surface area contributed by atoms with Gasteiger partial charge in [0.2, 0.25) is 11.8 Å². The number of piperidine rings is 1. The average Bonchev–Trinajstić information content (AvgIpc) is 2.83. The molecule has 4 rings (SSSR count). The van der Waals surface area contributed by atoms with Crippen LogP contribution in [0, 0.1) is 17.7 Å². The molecule has 186 valence electrons. The normalized spacial score (nSPS) is 26.1. The Hall–Kier alpha value is -2.36. The fraction of sp³-hybridized carbons (Fsp3) is 0.640. The van der Waals surface area contributed by atoms with E-state index in [1.807, 2.05) is 18.7 Å². The monoisotopic (exact) mass is 474 g/mol. The molecule has 0 radical (unpaired) electrons. The van der Waals surface area contributed by atoms with Gasteiger partial charge in [-0.3, -0.25) is 24.6 Å². The third-order valence-electron chi connectivity index (χ3n) is 7.19. The molecule has 8 nitrogen and oxygen atoms in total. The number of rotatable bonds is 7. The Morgan fingerprint density at radius 2 is 1.88 bits per heavy atom. The Kier molecular flexibility index (Phi) is 7.95. The van der Waals surface area contributed by atoms with Crippen molar-refractivity contribution in [2.75, 3.05) is 39.4 Å². The minimum Gasteiger partial charge on any atom is -0.381 e. The Morgan fingerprint density at radius 1 is 1.18 bits per heavy atom. The van der Waals surface area contributed by atoms with Crippen molar-refractivity contribution < 1.29 is 23.5 Å². The summed E-state index contributed by atoms with van der Waals surface area (Å²) in [5.41, 5.74) is 0.538. The highest BCUT2D eigenvalue weighted by atomic mass is 19.1. The van der Waals surface area contributed by atoms with E-state index in [9.17, 15) is 18.8 Å². The van der Waals surface area contributed by atoms with Crippen molar-refractivity contribution in [1.29, 1.82) is 0 Å². The molecule has 2 amide bonds. The fourth-order valence-corrected chi connectivity index (χ4v) is 5.16. The van der Waals surface area contributed by atoms with Crippen molar-refractivity contribution in [2.24, 2.45) is 11.8 Å². The summed E-state index contributed by atoms with van der Waals surface area (Å²) >= 11 is 0. The predicted octanol–water partition coefficient (Wildman–Crippen LogP) is 1.41. The second-order valence-electron chi connectivity index (χ2n) is 9.87. The van der Waals surface area contributed by atoms with Crippen LogP contribution in [-0.2, 0) is 14.3 Å². The zero-order valence-electron chi connectivity index (χ0n) is 20.0. The van der Waals surface area contributed by atoms with Gasteiger partial charge in [-0.05, 0) is 70.5 Å². The lowest BCUT2D eigenvalue weighted by molar-refractivity contribution is -0.140. The fourth-order valence-electron chi connectivity index (χ4n) is 5.16. The molecule has 34 heavy (non-hydrogen) atoms. The van der Waals surface area contributed by atoms with Crippen molar-refractivity contribution in [2.45, 2.75) is 51.4 Å². The highest BCUT2D eigenvalue weighted by Gasteiger charge is 2.39. The number of nitrogens with one attached hydrogen (secondary N) is 2. The maximum atomic E-state index is 13.2. The van der Waals surface area contributed by atoms with Crippen LogP contribution in [0.15, 0.2) is 24.3 Å². The second-order valence-corrected chi connectivity index (χ2v) is 9.87. The van der Waals surface area contributed by atoms with E-state index in [2.05, 4.69) is 15.5 Å². The maximum absolute atomic E-state index is 13.2. The van der Waals surface area contributed by atoms with E-state index >= 15 is 0 Å². The quantitative estimate of drug-likeness (QED) is 0.581. The van der Waals surface area contributed by atoms with Gasteiger partial charge in [-0.25, -0.2) is 4.39 Å². The molecule has 3 aliphatic heterocycles. The number of nitrogens with zero attached hydrogens (tertiary/aromatic N) is 2. The summed E-state index contributed by atoms with van der Waals surface area (Å²) in [4.78, 5) is 42.3. The van der Waals surface area contributed by atoms with Gasteiger partial charge in [0.05, 0.1) is 31.8 Å². The molecule has 0 bridgehead atoms. The van der Waals surface area contributed by atoms with E-state index in [0.717, 1.165) is 6.42 Å². The SMILES string of the molecule is CC(C)N(CC1NC(=O)C2COCCC2N1)C(=O)CN1CCC(C(=O)c2ccc(F)cc2)CC1. The van der Waals surface area contributed by atoms with Crippen LogP contribution in [0.1, 0.15) is 43.5 Å². The zero-order valence-corrected chi connectivity index (χ0v) is 20.0. The summed E-state index contributed by atoms with van der Waals surface area (Å²) in [7, 11) is 0. The Balaban J connectivity index is 1.28. The largest absolute Gasteiger partial charge is 0.381 e. The van der Waals surface area contributed by atoms with E-state index in [1.165, 1.54) is 24.3 Å². The van der Waals surface area contributed by atoms with E-state index in [4.69, 9.17) is 4.74 Å². The number of hydrogen-bond acceptors (Lipinski definition) is 6. The number of ketones is 1. The van der Waals surface area contributed by atoms with Crippen LogP contribution in [0.2, 0.25) is 0 Å². The first kappa shape index (κ1) is 24.8. The van der Waals surface area contributed by atoms with Gasteiger partial charge < -0.3 is 15.0 Å². The van der Waals surface area contributed by atoms with Crippen molar-refractivity contribution in [3.8, 4) is 0 Å². The summed E-state index contributed by atoms with van der Waals surface area (Å²) in [6.45, 7) is 7.06. The summed E-state index contributed by atoms with van der Waals surface area (Å²) in [6.07, 6.45) is 1.86. The van der Waals surface area contributed by atoms with E-state index in [1.54, 1.807) is 0 Å². The summed E-state index contributed by atoms with van der Waals surface area (Å²) < 4.78 is 18.6. The van der Waals surface area contributed by atoms with Gasteiger partial charge in [-0.2, -0.15) is 0 Å². The standard InChI is InChI=1S/C25H35FN4O4/c1-16(2)30(13-22-27-21-9-12-34-15-20(21)25(33)28-22)23(31)14-29-10-7-18(8-11-29)24(32)17-3-5-19(26)6-4-17/h3-6,16,18,20-22,27H,7-15H2,1-2H3,(H,28,33). The topological polar surface area (TPSA) is 91.0 Å². The highest BCUT2D eigenvalue weighted by Crippen LogP contribution is 2.23. The molecule has 3 fully saturated rings. The molecule has 0 spiro atoms. The lowest BCUT2D eigenvalue weighted by atomic mass is 9.89. The molecule has 2 N–H and O–H groups in total. The summed E-state index contributed by atoms with van der Waals surface area (Å²) in [5, 5.41) is 6.48. The molecule has 0 saturated carbocycles. The van der Waals surface area contributed by atoms with Crippen LogP contribution < -0.4 is 10.6 Å². The van der Waals surface area contributed by atoms with E-state index < -0.39 is 0 Å². The molecule has 3 heterocycles. The lowest BCUT2D eigenvalue weighted by Gasteiger charge is -2.42. The molecule has 3 saturated heterocycles. The molecule has 3 unspecified atom stereocenters. The first-order chi connectivity index (χ1) is 16.3. The smallest absolute Gasteiger partial charge is 0.237 e. The summed E-state index contributed by atoms with van der Waals surface area (Å²) in [5.74, 6) is -0.587. The van der Waals surface area contributed by atoms with Crippen molar-refractivity contribution in [1.82, 2.24) is 20.4 Å². The lowest BCUT2D eigenvalue weighted by Crippen LogP contribution is -2.67. The third-order valence-corrected chi connectivity index (χ3v) is 7.19. The number of hydrogen-bond donors (Lipinski definition) is 2. The molecule has 0 aromatic heterocycles. The molecule has 9 heteroatoms. The van der Waals surface area contributed by atoms with E-state index in [-0.39, 0.29) is 60.0 Å². The van der Waals surface area contributed by atoms with Crippen LogP contribution in [0.5, 0.6) is 0 Å². The van der Waals surface area contributed by atoms with Crippen molar-refractivity contribution in [3.05, 3.63) is 35.6 Å². The number of fused-ring (bicyclic) bond motifs is 1. The third kappa shape index (κ3) is 5.82. The number of likely N-dealkylation sites (tertiary alicyclic amines) is 1. The molecular formula is C25H35FN4O4. The van der Waals surface area contributed by atoms with Gasteiger partial charge in [0.1, 0.15) is 5.82 Å². The van der Waals surface area contributed by atoms with Crippen molar-refractivity contribution >= 4 is 17.6 Å². The number of ether oxygens (including phenoxy) is 1. The molecule has 1 aromatic rings.